The molecule has 0 spiro atoms. The monoisotopic (exact) mass is 343 g/mol. The van der Waals surface area contributed by atoms with Gasteiger partial charge < -0.3 is 15.0 Å². The third-order valence-corrected chi connectivity index (χ3v) is 3.76. The second-order valence-electron chi connectivity index (χ2n) is 6.87. The Hall–Kier alpha value is -2.90. The van der Waals surface area contributed by atoms with Gasteiger partial charge in [0.15, 0.2) is 5.82 Å². The van der Waals surface area contributed by atoms with Gasteiger partial charge in [-0.3, -0.25) is 14.9 Å². The Morgan fingerprint density at radius 3 is 2.68 bits per heavy atom. The molecule has 2 aromatic heterocycles. The summed E-state index contributed by atoms with van der Waals surface area (Å²) < 4.78 is 5.40. The van der Waals surface area contributed by atoms with E-state index >= 15 is 0 Å². The highest BCUT2D eigenvalue weighted by Gasteiger charge is 2.28. The number of anilines is 1. The quantitative estimate of drug-likeness (QED) is 0.872. The lowest BCUT2D eigenvalue weighted by Gasteiger charge is -2.29. The molecular weight excluding hydrogens is 322 g/mol. The molecular formula is C17H21N5O3. The summed E-state index contributed by atoms with van der Waals surface area (Å²) in [5.74, 6) is 0.256. The number of aromatic nitrogens is 3. The van der Waals surface area contributed by atoms with Crippen LogP contribution in [0.3, 0.4) is 0 Å². The molecule has 8 nitrogen and oxygen atoms in total. The summed E-state index contributed by atoms with van der Waals surface area (Å²) >= 11 is 0. The van der Waals surface area contributed by atoms with Crippen molar-refractivity contribution < 1.29 is 14.3 Å². The first-order chi connectivity index (χ1) is 11.8. The van der Waals surface area contributed by atoms with E-state index in [0.29, 0.717) is 30.9 Å². The number of amides is 2. The molecule has 2 N–H and O–H groups in total. The molecule has 2 amide bonds. The van der Waals surface area contributed by atoms with Gasteiger partial charge in [0.1, 0.15) is 5.60 Å². The van der Waals surface area contributed by atoms with Crippen molar-refractivity contribution >= 4 is 17.8 Å². The van der Waals surface area contributed by atoms with Gasteiger partial charge in [-0.1, -0.05) is 0 Å². The maximum Gasteiger partial charge on any atom is 0.410 e. The van der Waals surface area contributed by atoms with Crippen molar-refractivity contribution in [2.24, 2.45) is 0 Å². The van der Waals surface area contributed by atoms with Crippen molar-refractivity contribution in [1.29, 1.82) is 0 Å². The van der Waals surface area contributed by atoms with Crippen LogP contribution in [0.1, 0.15) is 42.4 Å². The predicted molar refractivity (Wildman–Crippen MR) is 91.1 cm³/mol. The number of pyridine rings is 1. The molecule has 8 heteroatoms. The van der Waals surface area contributed by atoms with Crippen molar-refractivity contribution in [2.75, 3.05) is 11.9 Å². The van der Waals surface area contributed by atoms with Crippen LogP contribution in [-0.2, 0) is 17.7 Å². The second-order valence-corrected chi connectivity index (χ2v) is 6.87. The number of hydrogen-bond acceptors (Lipinski definition) is 5. The van der Waals surface area contributed by atoms with E-state index < -0.39 is 5.60 Å². The van der Waals surface area contributed by atoms with Crippen LogP contribution in [0.2, 0.25) is 0 Å². The standard InChI is InChI=1S/C17H21N5O3/c1-17(2,3)25-16(24)22-9-6-12-13(10-22)20-21-14(12)19-15(23)11-4-7-18-8-5-11/h4-5,7-8H,6,9-10H2,1-3H3,(H2,19,20,21,23). The summed E-state index contributed by atoms with van der Waals surface area (Å²) in [5, 5.41) is 9.89. The van der Waals surface area contributed by atoms with Gasteiger partial charge in [0.2, 0.25) is 0 Å². The summed E-state index contributed by atoms with van der Waals surface area (Å²) in [6.07, 6.45) is 3.37. The first kappa shape index (κ1) is 16.9. The highest BCUT2D eigenvalue weighted by Crippen LogP contribution is 2.25. The number of fused-ring (bicyclic) bond motifs is 1. The average molecular weight is 343 g/mol. The molecule has 25 heavy (non-hydrogen) atoms. The number of nitrogens with one attached hydrogen (secondary N) is 2. The molecule has 0 saturated carbocycles. The van der Waals surface area contributed by atoms with E-state index in [1.807, 2.05) is 20.8 Å². The zero-order valence-corrected chi connectivity index (χ0v) is 14.5. The number of carbonyl (C=O) groups is 2. The molecule has 3 rings (SSSR count). The molecule has 132 valence electrons. The van der Waals surface area contributed by atoms with Gasteiger partial charge in [-0.25, -0.2) is 4.79 Å². The van der Waals surface area contributed by atoms with Crippen LogP contribution in [0.4, 0.5) is 10.6 Å². The lowest BCUT2D eigenvalue weighted by Crippen LogP contribution is -2.39. The van der Waals surface area contributed by atoms with Crippen LogP contribution in [0.15, 0.2) is 24.5 Å². The Morgan fingerprint density at radius 1 is 1.28 bits per heavy atom. The minimum Gasteiger partial charge on any atom is -0.444 e. The van der Waals surface area contributed by atoms with Gasteiger partial charge in [0, 0.05) is 30.1 Å². The first-order valence-corrected chi connectivity index (χ1v) is 8.09. The van der Waals surface area contributed by atoms with Crippen LogP contribution in [0, 0.1) is 0 Å². The minimum atomic E-state index is -0.533. The van der Waals surface area contributed by atoms with Crippen molar-refractivity contribution in [3.8, 4) is 0 Å². The number of carbonyl (C=O) groups excluding carboxylic acids is 2. The fourth-order valence-electron chi connectivity index (χ4n) is 2.59. The molecule has 1 aliphatic heterocycles. The predicted octanol–water partition coefficient (Wildman–Crippen LogP) is 2.35. The molecule has 0 unspecified atom stereocenters. The number of rotatable bonds is 2. The van der Waals surface area contributed by atoms with Crippen LogP contribution in [0.5, 0.6) is 0 Å². The largest absolute Gasteiger partial charge is 0.444 e. The van der Waals surface area contributed by atoms with Gasteiger partial charge in [-0.15, -0.1) is 0 Å². The third-order valence-electron chi connectivity index (χ3n) is 3.76. The van der Waals surface area contributed by atoms with Crippen molar-refractivity contribution in [3.63, 3.8) is 0 Å². The Bertz CT molecular complexity index is 779. The Kier molecular flexibility index (Phi) is 4.43. The lowest BCUT2D eigenvalue weighted by molar-refractivity contribution is 0.0221. The van der Waals surface area contributed by atoms with Crippen LogP contribution in [-0.4, -0.2) is 44.2 Å². The number of H-pyrrole nitrogens is 1. The summed E-state index contributed by atoms with van der Waals surface area (Å²) in [5.41, 5.74) is 1.71. The van der Waals surface area contributed by atoms with Gasteiger partial charge >= 0.3 is 6.09 Å². The van der Waals surface area contributed by atoms with Gasteiger partial charge in [0.25, 0.3) is 5.91 Å². The molecule has 0 aliphatic carbocycles. The normalized spacial score (nSPS) is 14.0. The average Bonchev–Trinajstić information content (AvgIpc) is 2.96. The zero-order chi connectivity index (χ0) is 18.0. The molecule has 2 aromatic rings. The van der Waals surface area contributed by atoms with E-state index in [9.17, 15) is 9.59 Å². The van der Waals surface area contributed by atoms with E-state index in [-0.39, 0.29) is 12.0 Å². The third kappa shape index (κ3) is 3.96. The van der Waals surface area contributed by atoms with Crippen LogP contribution < -0.4 is 5.32 Å². The molecule has 0 saturated heterocycles. The maximum atomic E-state index is 12.2. The van der Waals surface area contributed by atoms with Gasteiger partial charge in [0.05, 0.1) is 12.2 Å². The fourth-order valence-corrected chi connectivity index (χ4v) is 2.59. The first-order valence-electron chi connectivity index (χ1n) is 8.09. The summed E-state index contributed by atoms with van der Waals surface area (Å²) in [6.45, 7) is 6.40. The molecule has 0 aromatic carbocycles. The molecule has 1 aliphatic rings. The van der Waals surface area contributed by atoms with Crippen molar-refractivity contribution in [3.05, 3.63) is 41.3 Å². The number of aromatic amines is 1. The van der Waals surface area contributed by atoms with E-state index in [1.54, 1.807) is 29.4 Å². The lowest BCUT2D eigenvalue weighted by atomic mass is 10.1. The summed E-state index contributed by atoms with van der Waals surface area (Å²) in [6, 6.07) is 3.28. The highest BCUT2D eigenvalue weighted by atomic mass is 16.6. The maximum absolute atomic E-state index is 12.2. The molecule has 0 radical (unpaired) electrons. The Morgan fingerprint density at radius 2 is 2.00 bits per heavy atom. The van der Waals surface area contributed by atoms with E-state index in [2.05, 4.69) is 20.5 Å². The zero-order valence-electron chi connectivity index (χ0n) is 14.5. The van der Waals surface area contributed by atoms with E-state index in [0.717, 1.165) is 11.3 Å². The second kappa shape index (κ2) is 6.54. The number of ether oxygens (including phenoxy) is 1. The van der Waals surface area contributed by atoms with Crippen LogP contribution >= 0.6 is 0 Å². The Balaban J connectivity index is 1.69. The SMILES string of the molecule is CC(C)(C)OC(=O)N1CCc2c(NC(=O)c3ccncc3)n[nH]c2C1. The summed E-state index contributed by atoms with van der Waals surface area (Å²) in [4.78, 5) is 30.0. The van der Waals surface area contributed by atoms with Gasteiger partial charge in [-0.2, -0.15) is 5.10 Å². The van der Waals surface area contributed by atoms with Gasteiger partial charge in [-0.05, 0) is 39.3 Å². The minimum absolute atomic E-state index is 0.244. The van der Waals surface area contributed by atoms with Crippen molar-refractivity contribution in [2.45, 2.75) is 39.3 Å². The number of nitrogens with zero attached hydrogens (tertiary/aromatic N) is 3. The topological polar surface area (TPSA) is 100 Å². The molecule has 0 fully saturated rings. The number of hydrogen-bond donors (Lipinski definition) is 2. The molecule has 0 bridgehead atoms. The van der Waals surface area contributed by atoms with Crippen LogP contribution in [0.25, 0.3) is 0 Å². The Labute approximate surface area is 145 Å². The smallest absolute Gasteiger partial charge is 0.410 e. The summed E-state index contributed by atoms with van der Waals surface area (Å²) in [7, 11) is 0. The molecule has 3 heterocycles. The fraction of sp³-hybridized carbons (Fsp3) is 0.412. The van der Waals surface area contributed by atoms with E-state index in [1.165, 1.54) is 0 Å². The van der Waals surface area contributed by atoms with E-state index in [4.69, 9.17) is 4.74 Å². The van der Waals surface area contributed by atoms with Crippen molar-refractivity contribution in [1.82, 2.24) is 20.1 Å². The highest BCUT2D eigenvalue weighted by molar-refractivity contribution is 6.04. The molecule has 0 atom stereocenters.